The third-order valence-electron chi connectivity index (χ3n) is 2.87. The van der Waals surface area contributed by atoms with Gasteiger partial charge in [-0.05, 0) is 32.0 Å². The minimum Gasteiger partial charge on any atom is -0.383 e. The summed E-state index contributed by atoms with van der Waals surface area (Å²) < 4.78 is 20.4. The predicted molar refractivity (Wildman–Crippen MR) is 68.9 cm³/mol. The zero-order chi connectivity index (χ0) is 13.3. The van der Waals surface area contributed by atoms with E-state index in [9.17, 15) is 4.39 Å². The monoisotopic (exact) mass is 251 g/mol. The van der Waals surface area contributed by atoms with Crippen LogP contribution in [0.5, 0.6) is 0 Å². The summed E-state index contributed by atoms with van der Waals surface area (Å²) in [5.41, 5.74) is 7.57. The van der Waals surface area contributed by atoms with Gasteiger partial charge in [0.15, 0.2) is 0 Å². The Morgan fingerprint density at radius 1 is 1.44 bits per heavy atom. The standard InChI is InChI=1S/C13H18FN3O/c1-8(2)17-12-6-9(14)4-5-11(12)16-13(17)10(15)7-18-3/h4-6,8,10H,7,15H2,1-3H3. The molecular formula is C13H18FN3O. The van der Waals surface area contributed by atoms with E-state index in [1.165, 1.54) is 12.1 Å². The maximum atomic E-state index is 13.3. The molecular weight excluding hydrogens is 233 g/mol. The van der Waals surface area contributed by atoms with E-state index in [0.29, 0.717) is 6.61 Å². The number of fused-ring (bicyclic) bond motifs is 1. The van der Waals surface area contributed by atoms with E-state index in [1.54, 1.807) is 13.2 Å². The number of rotatable bonds is 4. The van der Waals surface area contributed by atoms with Crippen LogP contribution in [0.4, 0.5) is 4.39 Å². The highest BCUT2D eigenvalue weighted by atomic mass is 19.1. The van der Waals surface area contributed by atoms with Crippen molar-refractivity contribution in [2.45, 2.75) is 25.9 Å². The van der Waals surface area contributed by atoms with Crippen LogP contribution in [0.3, 0.4) is 0 Å². The lowest BCUT2D eigenvalue weighted by molar-refractivity contribution is 0.176. The Morgan fingerprint density at radius 2 is 2.17 bits per heavy atom. The molecule has 0 aliphatic carbocycles. The first-order valence-corrected chi connectivity index (χ1v) is 5.96. The van der Waals surface area contributed by atoms with Crippen molar-refractivity contribution in [1.29, 1.82) is 0 Å². The van der Waals surface area contributed by atoms with Crippen molar-refractivity contribution < 1.29 is 9.13 Å². The van der Waals surface area contributed by atoms with Crippen molar-refractivity contribution in [1.82, 2.24) is 9.55 Å². The van der Waals surface area contributed by atoms with E-state index >= 15 is 0 Å². The SMILES string of the molecule is COCC(N)c1nc2ccc(F)cc2n1C(C)C. The zero-order valence-corrected chi connectivity index (χ0v) is 10.9. The molecule has 0 spiro atoms. The van der Waals surface area contributed by atoms with Gasteiger partial charge in [-0.25, -0.2) is 9.37 Å². The van der Waals surface area contributed by atoms with Crippen molar-refractivity contribution in [3.8, 4) is 0 Å². The first kappa shape index (κ1) is 13.0. The lowest BCUT2D eigenvalue weighted by atomic mass is 10.2. The van der Waals surface area contributed by atoms with Crippen LogP contribution in [0.1, 0.15) is 31.8 Å². The van der Waals surface area contributed by atoms with Crippen LogP contribution in [0.25, 0.3) is 11.0 Å². The number of hydrogen-bond donors (Lipinski definition) is 1. The Morgan fingerprint density at radius 3 is 2.78 bits per heavy atom. The molecule has 1 aromatic heterocycles. The molecule has 0 aliphatic heterocycles. The Balaban J connectivity index is 2.61. The van der Waals surface area contributed by atoms with Crippen LogP contribution in [0.2, 0.25) is 0 Å². The molecule has 0 bridgehead atoms. The van der Waals surface area contributed by atoms with Gasteiger partial charge >= 0.3 is 0 Å². The lowest BCUT2D eigenvalue weighted by Gasteiger charge is -2.17. The van der Waals surface area contributed by atoms with Crippen LogP contribution in [-0.2, 0) is 4.74 Å². The van der Waals surface area contributed by atoms with Crippen molar-refractivity contribution in [3.05, 3.63) is 29.8 Å². The van der Waals surface area contributed by atoms with Gasteiger partial charge in [0, 0.05) is 13.2 Å². The molecule has 2 rings (SSSR count). The average Bonchev–Trinajstić information content (AvgIpc) is 2.67. The van der Waals surface area contributed by atoms with Gasteiger partial charge in [0.2, 0.25) is 0 Å². The molecule has 1 unspecified atom stereocenters. The Labute approximate surface area is 106 Å². The molecule has 0 aliphatic rings. The fourth-order valence-corrected chi connectivity index (χ4v) is 2.14. The van der Waals surface area contributed by atoms with Gasteiger partial charge in [-0.2, -0.15) is 0 Å². The van der Waals surface area contributed by atoms with Crippen LogP contribution >= 0.6 is 0 Å². The average molecular weight is 251 g/mol. The second-order valence-electron chi connectivity index (χ2n) is 4.63. The lowest BCUT2D eigenvalue weighted by Crippen LogP contribution is -2.22. The predicted octanol–water partition coefficient (Wildman–Crippen LogP) is 2.40. The van der Waals surface area contributed by atoms with Gasteiger partial charge in [0.25, 0.3) is 0 Å². The summed E-state index contributed by atoms with van der Waals surface area (Å²) in [5, 5.41) is 0. The molecule has 1 heterocycles. The normalized spacial score (nSPS) is 13.4. The smallest absolute Gasteiger partial charge is 0.129 e. The number of halogens is 1. The largest absolute Gasteiger partial charge is 0.383 e. The summed E-state index contributed by atoms with van der Waals surface area (Å²) >= 11 is 0. The fourth-order valence-electron chi connectivity index (χ4n) is 2.14. The molecule has 1 aromatic carbocycles. The second-order valence-corrected chi connectivity index (χ2v) is 4.63. The van der Waals surface area contributed by atoms with E-state index in [0.717, 1.165) is 16.9 Å². The maximum Gasteiger partial charge on any atom is 0.129 e. The van der Waals surface area contributed by atoms with Gasteiger partial charge in [-0.15, -0.1) is 0 Å². The van der Waals surface area contributed by atoms with Crippen LogP contribution in [0, 0.1) is 5.82 Å². The van der Waals surface area contributed by atoms with E-state index in [4.69, 9.17) is 10.5 Å². The maximum absolute atomic E-state index is 13.3. The second kappa shape index (κ2) is 5.04. The Hall–Kier alpha value is -1.46. The van der Waals surface area contributed by atoms with E-state index in [2.05, 4.69) is 4.98 Å². The van der Waals surface area contributed by atoms with Gasteiger partial charge in [0.1, 0.15) is 11.6 Å². The summed E-state index contributed by atoms with van der Waals surface area (Å²) in [4.78, 5) is 4.48. The molecule has 2 aromatic rings. The molecule has 0 fully saturated rings. The van der Waals surface area contributed by atoms with Crippen molar-refractivity contribution in [2.24, 2.45) is 5.73 Å². The van der Waals surface area contributed by atoms with Crippen LogP contribution in [0.15, 0.2) is 18.2 Å². The first-order valence-electron chi connectivity index (χ1n) is 5.96. The fraction of sp³-hybridized carbons (Fsp3) is 0.462. The van der Waals surface area contributed by atoms with Gasteiger partial charge in [-0.1, -0.05) is 0 Å². The van der Waals surface area contributed by atoms with Crippen molar-refractivity contribution in [3.63, 3.8) is 0 Å². The number of hydrogen-bond acceptors (Lipinski definition) is 3. The Kier molecular flexibility index (Phi) is 3.63. The molecule has 98 valence electrons. The number of methoxy groups -OCH3 is 1. The van der Waals surface area contributed by atoms with Gasteiger partial charge in [0.05, 0.1) is 23.7 Å². The summed E-state index contributed by atoms with van der Waals surface area (Å²) in [6.45, 7) is 4.43. The summed E-state index contributed by atoms with van der Waals surface area (Å²) in [7, 11) is 1.60. The molecule has 0 saturated carbocycles. The van der Waals surface area contributed by atoms with Crippen molar-refractivity contribution >= 4 is 11.0 Å². The number of nitrogens with zero attached hydrogens (tertiary/aromatic N) is 2. The summed E-state index contributed by atoms with van der Waals surface area (Å²) in [6.07, 6.45) is 0. The molecule has 1 atom stereocenters. The molecule has 4 nitrogen and oxygen atoms in total. The van der Waals surface area contributed by atoms with E-state index in [1.807, 2.05) is 18.4 Å². The third kappa shape index (κ3) is 2.23. The van der Waals surface area contributed by atoms with E-state index < -0.39 is 0 Å². The molecule has 2 N–H and O–H groups in total. The molecule has 0 amide bonds. The highest BCUT2D eigenvalue weighted by Crippen LogP contribution is 2.24. The van der Waals surface area contributed by atoms with Gasteiger partial charge < -0.3 is 15.0 Å². The zero-order valence-electron chi connectivity index (χ0n) is 10.9. The van der Waals surface area contributed by atoms with Crippen LogP contribution in [-0.4, -0.2) is 23.3 Å². The first-order chi connectivity index (χ1) is 8.54. The number of imidazole rings is 1. The molecule has 5 heteroatoms. The quantitative estimate of drug-likeness (QED) is 0.907. The summed E-state index contributed by atoms with van der Waals surface area (Å²) in [5.74, 6) is 0.462. The van der Waals surface area contributed by atoms with Gasteiger partial charge in [-0.3, -0.25) is 0 Å². The van der Waals surface area contributed by atoms with E-state index in [-0.39, 0.29) is 17.9 Å². The summed E-state index contributed by atoms with van der Waals surface area (Å²) in [6, 6.07) is 4.42. The number of aromatic nitrogens is 2. The molecule has 0 saturated heterocycles. The molecule has 0 radical (unpaired) electrons. The minimum atomic E-state index is -0.312. The molecule has 18 heavy (non-hydrogen) atoms. The number of ether oxygens (including phenoxy) is 1. The topological polar surface area (TPSA) is 53.1 Å². The highest BCUT2D eigenvalue weighted by molar-refractivity contribution is 5.76. The number of nitrogens with two attached hydrogens (primary N) is 1. The minimum absolute atomic E-state index is 0.162. The van der Waals surface area contributed by atoms with Crippen LogP contribution < -0.4 is 5.73 Å². The number of benzene rings is 1. The Bertz CT molecular complexity index is 550. The third-order valence-corrected chi connectivity index (χ3v) is 2.87. The van der Waals surface area contributed by atoms with Crippen molar-refractivity contribution in [2.75, 3.05) is 13.7 Å². The highest BCUT2D eigenvalue weighted by Gasteiger charge is 2.19.